The van der Waals surface area contributed by atoms with E-state index in [0.717, 1.165) is 16.8 Å². The maximum atomic E-state index is 12.8. The van der Waals surface area contributed by atoms with Gasteiger partial charge < -0.3 is 5.32 Å². The summed E-state index contributed by atoms with van der Waals surface area (Å²) in [6.07, 6.45) is 0. The Labute approximate surface area is 167 Å². The fraction of sp³-hybridized carbons (Fsp3) is 0.0455. The van der Waals surface area contributed by atoms with Crippen LogP contribution in [0.25, 0.3) is 17.1 Å². The lowest BCUT2D eigenvalue weighted by Crippen LogP contribution is -2.15. The molecule has 0 saturated heterocycles. The largest absolute Gasteiger partial charge is 0.319 e. The van der Waals surface area contributed by atoms with Crippen molar-refractivity contribution in [1.29, 1.82) is 0 Å². The second-order valence-corrected chi connectivity index (χ2v) is 6.65. The molecule has 0 unspecified atom stereocenters. The number of carbonyl (C=O) groups is 1. The van der Waals surface area contributed by atoms with E-state index in [1.54, 1.807) is 22.9 Å². The predicted molar refractivity (Wildman–Crippen MR) is 111 cm³/mol. The summed E-state index contributed by atoms with van der Waals surface area (Å²) in [7, 11) is 0. The summed E-state index contributed by atoms with van der Waals surface area (Å²) in [5.74, 6) is 0.291. The Balaban J connectivity index is 1.75. The van der Waals surface area contributed by atoms with Crippen molar-refractivity contribution in [3.8, 4) is 17.1 Å². The Morgan fingerprint density at radius 2 is 1.61 bits per heavy atom. The maximum Gasteiger partial charge on any atom is 0.295 e. The number of hydrogen-bond acceptors (Lipinski definition) is 3. The Morgan fingerprint density at radius 3 is 2.32 bits per heavy atom. The Kier molecular flexibility index (Phi) is 4.91. The fourth-order valence-electron chi connectivity index (χ4n) is 2.85. The van der Waals surface area contributed by atoms with Crippen LogP contribution in [-0.4, -0.2) is 20.7 Å². The number of halogens is 1. The Morgan fingerprint density at radius 1 is 0.929 bits per heavy atom. The summed E-state index contributed by atoms with van der Waals surface area (Å²) < 4.78 is 1.68. The predicted octanol–water partition coefficient (Wildman–Crippen LogP) is 5.15. The minimum atomic E-state index is -0.391. The highest BCUT2D eigenvalue weighted by Crippen LogP contribution is 2.24. The first-order chi connectivity index (χ1) is 13.6. The molecule has 5 nitrogen and oxygen atoms in total. The SMILES string of the molecule is Cc1c(Cl)cccc1NC(=O)c1nc(-c2ccccc2)n(-c2ccccc2)n1. The summed E-state index contributed by atoms with van der Waals surface area (Å²) in [5.41, 5.74) is 3.13. The van der Waals surface area contributed by atoms with Gasteiger partial charge in [0, 0.05) is 16.3 Å². The van der Waals surface area contributed by atoms with Crippen LogP contribution >= 0.6 is 11.6 Å². The molecule has 0 aliphatic rings. The molecule has 0 aliphatic heterocycles. The van der Waals surface area contributed by atoms with E-state index in [4.69, 9.17) is 11.6 Å². The van der Waals surface area contributed by atoms with Gasteiger partial charge in [0.1, 0.15) is 0 Å². The van der Waals surface area contributed by atoms with E-state index >= 15 is 0 Å². The molecule has 0 atom stereocenters. The van der Waals surface area contributed by atoms with Crippen molar-refractivity contribution in [2.24, 2.45) is 0 Å². The lowest BCUT2D eigenvalue weighted by Gasteiger charge is -2.07. The Bertz CT molecular complexity index is 1070. The monoisotopic (exact) mass is 388 g/mol. The van der Waals surface area contributed by atoms with Crippen LogP contribution in [-0.2, 0) is 0 Å². The van der Waals surface area contributed by atoms with Crippen LogP contribution in [0.15, 0.2) is 78.9 Å². The molecule has 1 amide bonds. The number of rotatable bonds is 4. The summed E-state index contributed by atoms with van der Waals surface area (Å²) in [6.45, 7) is 1.85. The normalized spacial score (nSPS) is 10.6. The van der Waals surface area contributed by atoms with Crippen LogP contribution in [0.1, 0.15) is 16.2 Å². The van der Waals surface area contributed by atoms with Crippen LogP contribution < -0.4 is 5.32 Å². The lowest BCUT2D eigenvalue weighted by atomic mass is 10.2. The minimum absolute atomic E-state index is 0.0853. The van der Waals surface area contributed by atoms with Crippen molar-refractivity contribution in [3.05, 3.63) is 95.3 Å². The molecule has 1 heterocycles. The number of carbonyl (C=O) groups excluding carboxylic acids is 1. The van der Waals surface area contributed by atoms with Crippen LogP contribution in [0.2, 0.25) is 5.02 Å². The smallest absolute Gasteiger partial charge is 0.295 e. The van der Waals surface area contributed by atoms with Crippen LogP contribution in [0.3, 0.4) is 0 Å². The highest BCUT2D eigenvalue weighted by molar-refractivity contribution is 6.31. The van der Waals surface area contributed by atoms with Gasteiger partial charge in [-0.15, -0.1) is 5.10 Å². The molecule has 0 spiro atoms. The number of amides is 1. The molecule has 0 fully saturated rings. The Hall–Kier alpha value is -3.44. The van der Waals surface area contributed by atoms with Gasteiger partial charge in [-0.2, -0.15) is 0 Å². The van der Waals surface area contributed by atoms with Crippen molar-refractivity contribution in [3.63, 3.8) is 0 Å². The van der Waals surface area contributed by atoms with Gasteiger partial charge in [0.25, 0.3) is 5.91 Å². The number of nitrogens with zero attached hydrogens (tertiary/aromatic N) is 3. The van der Waals surface area contributed by atoms with Crippen molar-refractivity contribution in [2.75, 3.05) is 5.32 Å². The third-order valence-corrected chi connectivity index (χ3v) is 4.77. The van der Waals surface area contributed by atoms with E-state index in [9.17, 15) is 4.79 Å². The van der Waals surface area contributed by atoms with E-state index in [1.807, 2.05) is 67.6 Å². The molecule has 4 aromatic rings. The molecule has 3 aromatic carbocycles. The third kappa shape index (κ3) is 3.52. The zero-order chi connectivity index (χ0) is 19.5. The van der Waals surface area contributed by atoms with Crippen LogP contribution in [0.5, 0.6) is 0 Å². The first-order valence-corrected chi connectivity index (χ1v) is 9.15. The first kappa shape index (κ1) is 17.9. The van der Waals surface area contributed by atoms with Gasteiger partial charge in [0.15, 0.2) is 5.82 Å². The molecule has 1 aromatic heterocycles. The third-order valence-electron chi connectivity index (χ3n) is 4.36. The van der Waals surface area contributed by atoms with Gasteiger partial charge in [0.2, 0.25) is 5.82 Å². The van der Waals surface area contributed by atoms with Gasteiger partial charge in [-0.1, -0.05) is 66.2 Å². The van der Waals surface area contributed by atoms with Crippen LogP contribution in [0.4, 0.5) is 5.69 Å². The van der Waals surface area contributed by atoms with Crippen molar-refractivity contribution >= 4 is 23.2 Å². The number of anilines is 1. The summed E-state index contributed by atoms with van der Waals surface area (Å²) in [4.78, 5) is 17.3. The number of benzene rings is 3. The van der Waals surface area contributed by atoms with E-state index in [-0.39, 0.29) is 5.82 Å². The number of aromatic nitrogens is 3. The van der Waals surface area contributed by atoms with E-state index < -0.39 is 5.91 Å². The first-order valence-electron chi connectivity index (χ1n) is 8.78. The van der Waals surface area contributed by atoms with Gasteiger partial charge >= 0.3 is 0 Å². The van der Waals surface area contributed by atoms with Crippen molar-refractivity contribution < 1.29 is 4.79 Å². The zero-order valence-corrected chi connectivity index (χ0v) is 15.9. The van der Waals surface area contributed by atoms with Gasteiger partial charge in [-0.05, 0) is 36.8 Å². The molecule has 0 bridgehead atoms. The highest BCUT2D eigenvalue weighted by atomic mass is 35.5. The molecule has 138 valence electrons. The molecule has 1 N–H and O–H groups in total. The number of hydrogen-bond donors (Lipinski definition) is 1. The average molecular weight is 389 g/mol. The molecule has 4 rings (SSSR count). The molecule has 0 radical (unpaired) electrons. The average Bonchev–Trinajstić information content (AvgIpc) is 3.18. The molecule has 0 saturated carbocycles. The molecular weight excluding hydrogens is 372 g/mol. The maximum absolute atomic E-state index is 12.8. The molecule has 0 aliphatic carbocycles. The van der Waals surface area contributed by atoms with E-state index in [1.165, 1.54) is 0 Å². The van der Waals surface area contributed by atoms with Crippen molar-refractivity contribution in [2.45, 2.75) is 6.92 Å². The van der Waals surface area contributed by atoms with E-state index in [0.29, 0.717) is 16.5 Å². The second-order valence-electron chi connectivity index (χ2n) is 6.24. The van der Waals surface area contributed by atoms with Gasteiger partial charge in [-0.25, -0.2) is 9.67 Å². The molecule has 28 heavy (non-hydrogen) atoms. The molecule has 6 heteroatoms. The number of nitrogens with one attached hydrogen (secondary N) is 1. The number of para-hydroxylation sites is 1. The second kappa shape index (κ2) is 7.66. The van der Waals surface area contributed by atoms with Gasteiger partial charge in [-0.3, -0.25) is 4.79 Å². The molecular formula is C22H17ClN4O. The standard InChI is InChI=1S/C22H17ClN4O/c1-15-18(23)13-8-14-19(15)24-22(28)20-25-21(16-9-4-2-5-10-16)27(26-20)17-11-6-3-7-12-17/h2-14H,1H3,(H,24,28). The minimum Gasteiger partial charge on any atom is -0.319 e. The summed E-state index contributed by atoms with van der Waals surface area (Å²) in [6, 6.07) is 24.6. The van der Waals surface area contributed by atoms with E-state index in [2.05, 4.69) is 15.4 Å². The lowest BCUT2D eigenvalue weighted by molar-refractivity contribution is 0.101. The van der Waals surface area contributed by atoms with Crippen LogP contribution in [0, 0.1) is 6.92 Å². The van der Waals surface area contributed by atoms with Crippen molar-refractivity contribution in [1.82, 2.24) is 14.8 Å². The topological polar surface area (TPSA) is 59.8 Å². The summed E-state index contributed by atoms with van der Waals surface area (Å²) in [5, 5.41) is 7.90. The summed E-state index contributed by atoms with van der Waals surface area (Å²) >= 11 is 6.15. The quantitative estimate of drug-likeness (QED) is 0.526. The highest BCUT2D eigenvalue weighted by Gasteiger charge is 2.19. The zero-order valence-electron chi connectivity index (χ0n) is 15.1. The van der Waals surface area contributed by atoms with Gasteiger partial charge in [0.05, 0.1) is 5.69 Å². The fourth-order valence-corrected chi connectivity index (χ4v) is 3.03.